The molecule has 26 heavy (non-hydrogen) atoms. The molecule has 0 spiro atoms. The van der Waals surface area contributed by atoms with Crippen molar-refractivity contribution >= 4 is 37.5 Å². The number of rotatable bonds is 8. The Bertz CT molecular complexity index is 859. The van der Waals surface area contributed by atoms with Gasteiger partial charge in [-0.05, 0) is 42.5 Å². The second-order valence-corrected chi connectivity index (χ2v) is 8.22. The fourth-order valence-corrected chi connectivity index (χ4v) is 3.34. The molecule has 2 aromatic carbocycles. The molecule has 9 heteroatoms. The predicted molar refractivity (Wildman–Crippen MR) is 101 cm³/mol. The van der Waals surface area contributed by atoms with E-state index in [1.54, 1.807) is 24.3 Å². The molecule has 140 valence electrons. The van der Waals surface area contributed by atoms with Gasteiger partial charge in [0.25, 0.3) is 0 Å². The van der Waals surface area contributed by atoms with E-state index in [0.717, 1.165) is 10.6 Å². The van der Waals surface area contributed by atoms with Gasteiger partial charge in [0.15, 0.2) is 0 Å². The Morgan fingerprint density at radius 2 is 1.92 bits per heavy atom. The molecular weight excluding hydrogens is 427 g/mol. The quantitative estimate of drug-likeness (QED) is 0.634. The van der Waals surface area contributed by atoms with Crippen LogP contribution >= 0.6 is 15.9 Å². The van der Waals surface area contributed by atoms with E-state index in [-0.39, 0.29) is 25.5 Å². The Morgan fingerprint density at radius 1 is 1.23 bits per heavy atom. The highest BCUT2D eigenvalue weighted by Gasteiger charge is 2.20. The Kier molecular flexibility index (Phi) is 6.98. The van der Waals surface area contributed by atoms with Gasteiger partial charge in [0, 0.05) is 4.47 Å². The van der Waals surface area contributed by atoms with Crippen LogP contribution in [-0.4, -0.2) is 40.3 Å². The first-order chi connectivity index (χ1) is 12.3. The van der Waals surface area contributed by atoms with Crippen LogP contribution < -0.4 is 14.4 Å². The van der Waals surface area contributed by atoms with Gasteiger partial charge in [-0.2, -0.15) is 0 Å². The zero-order chi connectivity index (χ0) is 19.2. The summed E-state index contributed by atoms with van der Waals surface area (Å²) in [5.74, 6) is -0.343. The summed E-state index contributed by atoms with van der Waals surface area (Å²) in [6, 6.07) is 12.2. The molecule has 0 saturated carbocycles. The monoisotopic (exact) mass is 444 g/mol. The van der Waals surface area contributed by atoms with E-state index >= 15 is 0 Å². The SMILES string of the molecule is CS(=O)(=O)N(CC(=O)NCCOc1ccc(F)cc1)c1cccc(Br)c1. The lowest BCUT2D eigenvalue weighted by Crippen LogP contribution is -2.41. The van der Waals surface area contributed by atoms with Gasteiger partial charge < -0.3 is 10.1 Å². The van der Waals surface area contributed by atoms with Crippen molar-refractivity contribution < 1.29 is 22.3 Å². The van der Waals surface area contributed by atoms with Gasteiger partial charge in [-0.1, -0.05) is 22.0 Å². The first-order valence-electron chi connectivity index (χ1n) is 7.64. The Morgan fingerprint density at radius 3 is 2.54 bits per heavy atom. The molecule has 0 bridgehead atoms. The van der Waals surface area contributed by atoms with E-state index in [1.807, 2.05) is 0 Å². The van der Waals surface area contributed by atoms with Crippen molar-refractivity contribution in [1.82, 2.24) is 5.32 Å². The molecular formula is C17H18BrFN2O4S. The van der Waals surface area contributed by atoms with Crippen molar-refractivity contribution in [1.29, 1.82) is 0 Å². The van der Waals surface area contributed by atoms with Crippen molar-refractivity contribution in [2.24, 2.45) is 0 Å². The van der Waals surface area contributed by atoms with Crippen LogP contribution in [0, 0.1) is 5.82 Å². The molecule has 6 nitrogen and oxygen atoms in total. The number of hydrogen-bond donors (Lipinski definition) is 1. The van der Waals surface area contributed by atoms with Gasteiger partial charge in [0.05, 0.1) is 18.5 Å². The minimum absolute atomic E-state index is 0.174. The smallest absolute Gasteiger partial charge is 0.240 e. The zero-order valence-electron chi connectivity index (χ0n) is 14.0. The summed E-state index contributed by atoms with van der Waals surface area (Å²) in [5, 5.41) is 2.60. The minimum Gasteiger partial charge on any atom is -0.492 e. The number of amides is 1. The number of benzene rings is 2. The number of hydrogen-bond acceptors (Lipinski definition) is 4. The number of sulfonamides is 1. The Balaban J connectivity index is 1.88. The van der Waals surface area contributed by atoms with Crippen LogP contribution in [0.25, 0.3) is 0 Å². The highest BCUT2D eigenvalue weighted by Crippen LogP contribution is 2.21. The normalized spacial score (nSPS) is 11.0. The molecule has 0 aromatic heterocycles. The number of halogens is 2. The van der Waals surface area contributed by atoms with Crippen molar-refractivity contribution in [2.75, 3.05) is 30.3 Å². The molecule has 1 amide bonds. The third-order valence-corrected chi connectivity index (χ3v) is 4.92. The fourth-order valence-electron chi connectivity index (χ4n) is 2.11. The fraction of sp³-hybridized carbons (Fsp3) is 0.235. The topological polar surface area (TPSA) is 75.7 Å². The van der Waals surface area contributed by atoms with Crippen molar-refractivity contribution in [3.8, 4) is 5.75 Å². The molecule has 2 aromatic rings. The molecule has 0 saturated heterocycles. The van der Waals surface area contributed by atoms with Crippen LogP contribution in [-0.2, 0) is 14.8 Å². The molecule has 0 aliphatic heterocycles. The van der Waals surface area contributed by atoms with Gasteiger partial charge >= 0.3 is 0 Å². The summed E-state index contributed by atoms with van der Waals surface area (Å²) < 4.78 is 43.9. The summed E-state index contributed by atoms with van der Waals surface area (Å²) in [4.78, 5) is 12.1. The first-order valence-corrected chi connectivity index (χ1v) is 10.3. The number of carbonyl (C=O) groups is 1. The van der Waals surface area contributed by atoms with Crippen LogP contribution in [0.4, 0.5) is 10.1 Å². The number of carbonyl (C=O) groups excluding carboxylic acids is 1. The lowest BCUT2D eigenvalue weighted by Gasteiger charge is -2.22. The minimum atomic E-state index is -3.62. The highest BCUT2D eigenvalue weighted by molar-refractivity contribution is 9.10. The molecule has 0 atom stereocenters. The van der Waals surface area contributed by atoms with Crippen molar-refractivity contribution in [3.63, 3.8) is 0 Å². The average Bonchev–Trinajstić information content (AvgIpc) is 2.57. The van der Waals surface area contributed by atoms with Crippen LogP contribution in [0.1, 0.15) is 0 Å². The number of anilines is 1. The van der Waals surface area contributed by atoms with E-state index in [4.69, 9.17) is 4.74 Å². The lowest BCUT2D eigenvalue weighted by atomic mass is 10.3. The average molecular weight is 445 g/mol. The maximum Gasteiger partial charge on any atom is 0.240 e. The number of ether oxygens (including phenoxy) is 1. The van der Waals surface area contributed by atoms with Gasteiger partial charge in [-0.3, -0.25) is 9.10 Å². The number of nitrogens with one attached hydrogen (secondary N) is 1. The molecule has 2 rings (SSSR count). The summed E-state index contributed by atoms with van der Waals surface area (Å²) in [6.45, 7) is 0.0191. The molecule has 0 aliphatic rings. The Hall–Kier alpha value is -2.13. The summed E-state index contributed by atoms with van der Waals surface area (Å²) in [6.07, 6.45) is 1.04. The van der Waals surface area contributed by atoms with Crippen molar-refractivity contribution in [2.45, 2.75) is 0 Å². The van der Waals surface area contributed by atoms with Gasteiger partial charge in [-0.25, -0.2) is 12.8 Å². The highest BCUT2D eigenvalue weighted by atomic mass is 79.9. The van der Waals surface area contributed by atoms with Gasteiger partial charge in [0.2, 0.25) is 15.9 Å². The summed E-state index contributed by atoms with van der Waals surface area (Å²) in [7, 11) is -3.62. The third-order valence-electron chi connectivity index (χ3n) is 3.29. The molecule has 0 radical (unpaired) electrons. The predicted octanol–water partition coefficient (Wildman–Crippen LogP) is 2.55. The van der Waals surface area contributed by atoms with Crippen LogP contribution in [0.15, 0.2) is 53.0 Å². The van der Waals surface area contributed by atoms with E-state index in [2.05, 4.69) is 21.2 Å². The maximum atomic E-state index is 12.8. The maximum absolute atomic E-state index is 12.8. The van der Waals surface area contributed by atoms with Crippen LogP contribution in [0.5, 0.6) is 5.75 Å². The molecule has 0 heterocycles. The standard InChI is InChI=1S/C17H18BrFN2O4S/c1-26(23,24)21(15-4-2-3-13(18)11-15)12-17(22)20-9-10-25-16-7-5-14(19)6-8-16/h2-8,11H,9-10,12H2,1H3,(H,20,22). The summed E-state index contributed by atoms with van der Waals surface area (Å²) >= 11 is 3.28. The van der Waals surface area contributed by atoms with Gasteiger partial charge in [-0.15, -0.1) is 0 Å². The first kappa shape index (κ1) is 20.2. The second-order valence-electron chi connectivity index (χ2n) is 5.40. The zero-order valence-corrected chi connectivity index (χ0v) is 16.4. The van der Waals surface area contributed by atoms with Gasteiger partial charge in [0.1, 0.15) is 24.7 Å². The van der Waals surface area contributed by atoms with E-state index in [9.17, 15) is 17.6 Å². The van der Waals surface area contributed by atoms with E-state index < -0.39 is 15.9 Å². The number of nitrogens with zero attached hydrogens (tertiary/aromatic N) is 1. The Labute approximate surface area is 160 Å². The largest absolute Gasteiger partial charge is 0.492 e. The molecule has 0 unspecified atom stereocenters. The van der Waals surface area contributed by atoms with E-state index in [1.165, 1.54) is 24.3 Å². The molecule has 0 fully saturated rings. The lowest BCUT2D eigenvalue weighted by molar-refractivity contribution is -0.119. The van der Waals surface area contributed by atoms with Crippen LogP contribution in [0.2, 0.25) is 0 Å². The third kappa shape index (κ3) is 6.30. The van der Waals surface area contributed by atoms with E-state index in [0.29, 0.717) is 15.9 Å². The van der Waals surface area contributed by atoms with Crippen LogP contribution in [0.3, 0.4) is 0 Å². The summed E-state index contributed by atoms with van der Waals surface area (Å²) in [5.41, 5.74) is 0.389. The molecule has 1 N–H and O–H groups in total. The van der Waals surface area contributed by atoms with Crippen molar-refractivity contribution in [3.05, 3.63) is 58.8 Å². The molecule has 0 aliphatic carbocycles. The second kappa shape index (κ2) is 9.00.